The highest BCUT2D eigenvalue weighted by Crippen LogP contribution is 2.31. The number of aromatic nitrogens is 2. The molecular formula is C16H19BrN4O. The fourth-order valence-electron chi connectivity index (χ4n) is 2.86. The van der Waals surface area contributed by atoms with Gasteiger partial charge >= 0.3 is 6.03 Å². The third kappa shape index (κ3) is 3.02. The van der Waals surface area contributed by atoms with E-state index >= 15 is 0 Å². The molecule has 3 heterocycles. The van der Waals surface area contributed by atoms with E-state index in [0.29, 0.717) is 13.1 Å². The van der Waals surface area contributed by atoms with Gasteiger partial charge in [0.05, 0.1) is 6.04 Å². The Labute approximate surface area is 138 Å². The van der Waals surface area contributed by atoms with Crippen molar-refractivity contribution in [3.63, 3.8) is 0 Å². The summed E-state index contributed by atoms with van der Waals surface area (Å²) in [4.78, 5) is 18.6. The van der Waals surface area contributed by atoms with Crippen LogP contribution in [-0.2, 0) is 6.54 Å². The predicted octanol–water partition coefficient (Wildman–Crippen LogP) is 2.78. The number of carbonyl (C=O) groups excluding carboxylic acids is 1. The second-order valence-electron chi connectivity index (χ2n) is 5.28. The molecule has 2 aromatic heterocycles. The molecule has 2 aromatic rings. The summed E-state index contributed by atoms with van der Waals surface area (Å²) >= 11 is 3.39. The molecule has 0 aliphatic carbocycles. The molecule has 1 aliphatic rings. The standard InChI is InChI=1S/C16H19BrN4O/c17-6-2-7-19-16(22)21-12-11-20-10-1-3-14(20)15(21)13-4-8-18-9-5-13/h1,3-5,8-10,15H,2,6-7,11-12H2,(H,19,22). The fraction of sp³-hybridized carbons (Fsp3) is 0.375. The van der Waals surface area contributed by atoms with Gasteiger partial charge in [0.1, 0.15) is 0 Å². The molecule has 0 saturated heterocycles. The van der Waals surface area contributed by atoms with Crippen LogP contribution in [0.25, 0.3) is 0 Å². The van der Waals surface area contributed by atoms with Crippen LogP contribution >= 0.6 is 15.9 Å². The molecule has 6 heteroatoms. The molecule has 0 bridgehead atoms. The molecule has 1 atom stereocenters. The highest BCUT2D eigenvalue weighted by atomic mass is 79.9. The number of amides is 2. The minimum absolute atomic E-state index is 0.00443. The monoisotopic (exact) mass is 362 g/mol. The average Bonchev–Trinajstić information content (AvgIpc) is 3.03. The SMILES string of the molecule is O=C(NCCCBr)N1CCn2cccc2C1c1ccncc1. The second-order valence-corrected chi connectivity index (χ2v) is 6.07. The minimum Gasteiger partial charge on any atom is -0.348 e. The second kappa shape index (κ2) is 6.96. The van der Waals surface area contributed by atoms with Crippen LogP contribution < -0.4 is 5.32 Å². The summed E-state index contributed by atoms with van der Waals surface area (Å²) < 4.78 is 2.22. The van der Waals surface area contributed by atoms with Crippen LogP contribution in [0.4, 0.5) is 4.79 Å². The number of hydrogen-bond donors (Lipinski definition) is 1. The molecule has 0 saturated carbocycles. The lowest BCUT2D eigenvalue weighted by Crippen LogP contribution is -2.47. The smallest absolute Gasteiger partial charge is 0.318 e. The quantitative estimate of drug-likeness (QED) is 0.671. The molecule has 2 amide bonds. The molecule has 0 fully saturated rings. The van der Waals surface area contributed by atoms with Gasteiger partial charge in [0.2, 0.25) is 0 Å². The summed E-state index contributed by atoms with van der Waals surface area (Å²) in [6, 6.07) is 8.02. The molecule has 0 aromatic carbocycles. The summed E-state index contributed by atoms with van der Waals surface area (Å²) in [6.07, 6.45) is 6.55. The van der Waals surface area contributed by atoms with Crippen LogP contribution in [0.3, 0.4) is 0 Å². The Morgan fingerprint density at radius 3 is 2.91 bits per heavy atom. The molecule has 116 valence electrons. The number of nitrogens with one attached hydrogen (secondary N) is 1. The summed E-state index contributed by atoms with van der Waals surface area (Å²) in [5.74, 6) is 0. The van der Waals surface area contributed by atoms with Crippen LogP contribution in [0.5, 0.6) is 0 Å². The maximum atomic E-state index is 12.6. The first-order valence-corrected chi connectivity index (χ1v) is 8.59. The van der Waals surface area contributed by atoms with Crippen molar-refractivity contribution >= 4 is 22.0 Å². The van der Waals surface area contributed by atoms with Crippen molar-refractivity contribution in [2.75, 3.05) is 18.4 Å². The van der Waals surface area contributed by atoms with Gasteiger partial charge in [0, 0.05) is 49.2 Å². The number of fused-ring (bicyclic) bond motifs is 1. The minimum atomic E-state index is -0.0595. The number of pyridine rings is 1. The van der Waals surface area contributed by atoms with Gasteiger partial charge in [-0.1, -0.05) is 15.9 Å². The van der Waals surface area contributed by atoms with E-state index in [1.54, 1.807) is 12.4 Å². The van der Waals surface area contributed by atoms with Crippen LogP contribution in [-0.4, -0.2) is 38.9 Å². The van der Waals surface area contributed by atoms with Crippen molar-refractivity contribution in [3.8, 4) is 0 Å². The number of carbonyl (C=O) groups is 1. The molecule has 0 radical (unpaired) electrons. The maximum absolute atomic E-state index is 12.6. The third-order valence-corrected chi connectivity index (χ3v) is 4.47. The maximum Gasteiger partial charge on any atom is 0.318 e. The van der Waals surface area contributed by atoms with Crippen molar-refractivity contribution in [1.82, 2.24) is 19.8 Å². The third-order valence-electron chi connectivity index (χ3n) is 3.91. The lowest BCUT2D eigenvalue weighted by molar-refractivity contribution is 0.169. The Bertz CT molecular complexity index is 628. The lowest BCUT2D eigenvalue weighted by Gasteiger charge is -2.37. The highest BCUT2D eigenvalue weighted by molar-refractivity contribution is 9.09. The molecule has 0 spiro atoms. The first-order chi connectivity index (χ1) is 10.8. The number of rotatable bonds is 4. The number of urea groups is 1. The average molecular weight is 363 g/mol. The van der Waals surface area contributed by atoms with Crippen LogP contribution in [0, 0.1) is 0 Å². The van der Waals surface area contributed by atoms with Gasteiger partial charge in [-0.2, -0.15) is 0 Å². The van der Waals surface area contributed by atoms with Crippen LogP contribution in [0.1, 0.15) is 23.7 Å². The van der Waals surface area contributed by atoms with Gasteiger partial charge in [-0.3, -0.25) is 4.98 Å². The first kappa shape index (κ1) is 15.1. The van der Waals surface area contributed by atoms with E-state index in [2.05, 4.69) is 43.1 Å². The van der Waals surface area contributed by atoms with Crippen molar-refractivity contribution in [2.45, 2.75) is 19.0 Å². The Morgan fingerprint density at radius 1 is 1.32 bits per heavy atom. The van der Waals surface area contributed by atoms with Gasteiger partial charge in [-0.15, -0.1) is 0 Å². The van der Waals surface area contributed by atoms with Gasteiger partial charge in [-0.25, -0.2) is 4.79 Å². The lowest BCUT2D eigenvalue weighted by atomic mass is 10.0. The molecular weight excluding hydrogens is 344 g/mol. The van der Waals surface area contributed by atoms with Crippen LogP contribution in [0.2, 0.25) is 0 Å². The predicted molar refractivity (Wildman–Crippen MR) is 89.0 cm³/mol. The fourth-order valence-corrected chi connectivity index (χ4v) is 3.14. The van der Waals surface area contributed by atoms with Gasteiger partial charge in [0.25, 0.3) is 0 Å². The largest absolute Gasteiger partial charge is 0.348 e. The van der Waals surface area contributed by atoms with E-state index in [-0.39, 0.29) is 12.1 Å². The van der Waals surface area contributed by atoms with Gasteiger partial charge in [0.15, 0.2) is 0 Å². The number of alkyl halides is 1. The zero-order valence-electron chi connectivity index (χ0n) is 12.3. The topological polar surface area (TPSA) is 50.2 Å². The van der Waals surface area contributed by atoms with Crippen molar-refractivity contribution in [2.24, 2.45) is 0 Å². The van der Waals surface area contributed by atoms with Crippen molar-refractivity contribution < 1.29 is 4.79 Å². The number of nitrogens with zero attached hydrogens (tertiary/aromatic N) is 3. The summed E-state index contributed by atoms with van der Waals surface area (Å²) in [5.41, 5.74) is 2.23. The molecule has 22 heavy (non-hydrogen) atoms. The molecule has 3 rings (SSSR count). The summed E-state index contributed by atoms with van der Waals surface area (Å²) in [7, 11) is 0. The van der Waals surface area contributed by atoms with Crippen molar-refractivity contribution in [1.29, 1.82) is 0 Å². The molecule has 5 nitrogen and oxygen atoms in total. The zero-order chi connectivity index (χ0) is 15.4. The number of halogens is 1. The highest BCUT2D eigenvalue weighted by Gasteiger charge is 2.31. The molecule has 1 aliphatic heterocycles. The van der Waals surface area contributed by atoms with Gasteiger partial charge in [-0.05, 0) is 36.2 Å². The van der Waals surface area contributed by atoms with E-state index < -0.39 is 0 Å². The van der Waals surface area contributed by atoms with E-state index in [9.17, 15) is 4.79 Å². The Morgan fingerprint density at radius 2 is 2.14 bits per heavy atom. The van der Waals surface area contributed by atoms with E-state index in [0.717, 1.165) is 29.6 Å². The summed E-state index contributed by atoms with van der Waals surface area (Å²) in [5, 5.41) is 3.90. The Kier molecular flexibility index (Phi) is 4.77. The molecule has 1 unspecified atom stereocenters. The first-order valence-electron chi connectivity index (χ1n) is 7.46. The van der Waals surface area contributed by atoms with Crippen molar-refractivity contribution in [3.05, 3.63) is 54.1 Å². The normalized spacial score (nSPS) is 17.1. The van der Waals surface area contributed by atoms with E-state index in [1.165, 1.54) is 0 Å². The summed E-state index contributed by atoms with van der Waals surface area (Å²) in [6.45, 7) is 2.22. The van der Waals surface area contributed by atoms with Crippen LogP contribution in [0.15, 0.2) is 42.9 Å². The van der Waals surface area contributed by atoms with E-state index in [1.807, 2.05) is 23.1 Å². The number of hydrogen-bond acceptors (Lipinski definition) is 2. The Hall–Kier alpha value is -1.82. The zero-order valence-corrected chi connectivity index (χ0v) is 13.9. The molecule has 1 N–H and O–H groups in total. The van der Waals surface area contributed by atoms with E-state index in [4.69, 9.17) is 0 Å². The Balaban J connectivity index is 1.87. The van der Waals surface area contributed by atoms with Gasteiger partial charge < -0.3 is 14.8 Å².